The molecule has 0 unspecified atom stereocenters. The summed E-state index contributed by atoms with van der Waals surface area (Å²) in [5.41, 5.74) is 1.34. The zero-order valence-electron chi connectivity index (χ0n) is 11.8. The fourth-order valence-corrected chi connectivity index (χ4v) is 2.37. The van der Waals surface area contributed by atoms with Gasteiger partial charge in [0, 0.05) is 11.6 Å². The molecule has 1 N–H and O–H groups in total. The maximum Gasteiger partial charge on any atom is 0.323 e. The van der Waals surface area contributed by atoms with Gasteiger partial charge in [-0.15, -0.1) is 0 Å². The molecule has 0 aliphatic heterocycles. The monoisotopic (exact) mass is 277 g/mol. The van der Waals surface area contributed by atoms with Crippen molar-refractivity contribution in [1.82, 2.24) is 4.90 Å². The molecule has 2 rings (SSSR count). The first kappa shape index (κ1) is 14.4. The summed E-state index contributed by atoms with van der Waals surface area (Å²) in [6.45, 7) is 1.59. The minimum atomic E-state index is -0.976. The molecule has 5 heteroatoms. The van der Waals surface area contributed by atoms with Gasteiger partial charge in [0.1, 0.15) is 12.3 Å². The molecule has 1 fully saturated rings. The zero-order chi connectivity index (χ0) is 14.7. The summed E-state index contributed by atoms with van der Waals surface area (Å²) >= 11 is 0. The van der Waals surface area contributed by atoms with E-state index in [0.29, 0.717) is 11.3 Å². The molecule has 0 atom stereocenters. The molecule has 20 heavy (non-hydrogen) atoms. The van der Waals surface area contributed by atoms with E-state index in [9.17, 15) is 9.59 Å². The Labute approximate surface area is 118 Å². The van der Waals surface area contributed by atoms with Crippen molar-refractivity contribution in [3.8, 4) is 5.75 Å². The third-order valence-electron chi connectivity index (χ3n) is 3.75. The highest BCUT2D eigenvalue weighted by atomic mass is 16.5. The molecule has 0 bridgehead atoms. The molecule has 1 amide bonds. The summed E-state index contributed by atoms with van der Waals surface area (Å²) in [7, 11) is 1.57. The van der Waals surface area contributed by atoms with Crippen molar-refractivity contribution in [2.45, 2.75) is 32.2 Å². The Bertz CT molecular complexity index is 523. The Kier molecular flexibility index (Phi) is 4.27. The number of carbonyl (C=O) groups is 2. The Morgan fingerprint density at radius 3 is 2.55 bits per heavy atom. The maximum absolute atomic E-state index is 12.6. The zero-order valence-corrected chi connectivity index (χ0v) is 11.8. The number of carbonyl (C=O) groups excluding carboxylic acids is 1. The van der Waals surface area contributed by atoms with Gasteiger partial charge in [-0.25, -0.2) is 0 Å². The molecule has 0 radical (unpaired) electrons. The number of carboxylic acid groups (broad SMARTS) is 1. The lowest BCUT2D eigenvalue weighted by atomic mass is 9.90. The molecule has 1 aliphatic carbocycles. The van der Waals surface area contributed by atoms with Crippen LogP contribution in [0.2, 0.25) is 0 Å². The minimum Gasteiger partial charge on any atom is -0.497 e. The van der Waals surface area contributed by atoms with Crippen LogP contribution >= 0.6 is 0 Å². The van der Waals surface area contributed by atoms with Crippen LogP contribution in [0.15, 0.2) is 18.2 Å². The maximum atomic E-state index is 12.6. The third kappa shape index (κ3) is 2.92. The number of carboxylic acids is 1. The summed E-state index contributed by atoms with van der Waals surface area (Å²) in [6, 6.07) is 5.26. The standard InChI is InChI=1S/C15H19NO4/c1-10-8-12(20-2)6-7-13(10)15(19)16(9-14(17)18)11-4-3-5-11/h6-8,11H,3-5,9H2,1-2H3,(H,17,18). The number of amides is 1. The van der Waals surface area contributed by atoms with Gasteiger partial charge >= 0.3 is 5.97 Å². The van der Waals surface area contributed by atoms with Crippen LogP contribution < -0.4 is 4.74 Å². The largest absolute Gasteiger partial charge is 0.497 e. The summed E-state index contributed by atoms with van der Waals surface area (Å²) in [6.07, 6.45) is 2.82. The van der Waals surface area contributed by atoms with Crippen LogP contribution in [0.4, 0.5) is 0 Å². The first-order chi connectivity index (χ1) is 9.52. The molecule has 1 aromatic rings. The highest BCUT2D eigenvalue weighted by Gasteiger charge is 2.31. The molecule has 0 heterocycles. The molecule has 1 aliphatic rings. The second-order valence-corrected chi connectivity index (χ2v) is 5.09. The van der Waals surface area contributed by atoms with Crippen molar-refractivity contribution < 1.29 is 19.4 Å². The number of rotatable bonds is 5. The van der Waals surface area contributed by atoms with E-state index in [1.165, 1.54) is 4.90 Å². The molecule has 0 saturated heterocycles. The number of benzene rings is 1. The van der Waals surface area contributed by atoms with Gasteiger partial charge in [0.05, 0.1) is 7.11 Å². The van der Waals surface area contributed by atoms with Gasteiger partial charge in [0.2, 0.25) is 0 Å². The number of nitrogens with zero attached hydrogens (tertiary/aromatic N) is 1. The molecule has 1 aromatic carbocycles. The van der Waals surface area contributed by atoms with Crippen molar-refractivity contribution >= 4 is 11.9 Å². The van der Waals surface area contributed by atoms with Gasteiger partial charge in [-0.3, -0.25) is 9.59 Å². The quantitative estimate of drug-likeness (QED) is 0.894. The van der Waals surface area contributed by atoms with Crippen LogP contribution in [-0.2, 0) is 4.79 Å². The van der Waals surface area contributed by atoms with Crippen LogP contribution in [0, 0.1) is 6.92 Å². The molecular weight excluding hydrogens is 258 g/mol. The molecular formula is C15H19NO4. The highest BCUT2D eigenvalue weighted by Crippen LogP contribution is 2.27. The van der Waals surface area contributed by atoms with Gasteiger partial charge in [-0.2, -0.15) is 0 Å². The smallest absolute Gasteiger partial charge is 0.323 e. The van der Waals surface area contributed by atoms with Crippen molar-refractivity contribution in [2.75, 3.05) is 13.7 Å². The first-order valence-corrected chi connectivity index (χ1v) is 6.70. The average molecular weight is 277 g/mol. The number of hydrogen-bond donors (Lipinski definition) is 1. The van der Waals surface area contributed by atoms with E-state index in [-0.39, 0.29) is 18.5 Å². The molecule has 5 nitrogen and oxygen atoms in total. The first-order valence-electron chi connectivity index (χ1n) is 6.70. The van der Waals surface area contributed by atoms with Crippen molar-refractivity contribution in [3.05, 3.63) is 29.3 Å². The predicted molar refractivity (Wildman–Crippen MR) is 74.0 cm³/mol. The molecule has 0 spiro atoms. The molecule has 0 aromatic heterocycles. The highest BCUT2D eigenvalue weighted by molar-refractivity contribution is 5.97. The van der Waals surface area contributed by atoms with E-state index in [4.69, 9.17) is 9.84 Å². The lowest BCUT2D eigenvalue weighted by Gasteiger charge is -2.36. The number of aryl methyl sites for hydroxylation is 1. The Balaban J connectivity index is 2.24. The fraction of sp³-hybridized carbons (Fsp3) is 0.467. The Hall–Kier alpha value is -2.04. The summed E-state index contributed by atoms with van der Waals surface area (Å²) in [5.74, 6) is -0.499. The Morgan fingerprint density at radius 2 is 2.10 bits per heavy atom. The number of ether oxygens (including phenoxy) is 1. The van der Waals surface area contributed by atoms with Gasteiger partial charge in [0.25, 0.3) is 5.91 Å². The number of aliphatic carboxylic acids is 1. The van der Waals surface area contributed by atoms with E-state index in [0.717, 1.165) is 24.8 Å². The number of hydrogen-bond acceptors (Lipinski definition) is 3. The Morgan fingerprint density at radius 1 is 1.40 bits per heavy atom. The summed E-state index contributed by atoms with van der Waals surface area (Å²) in [5, 5.41) is 8.99. The van der Waals surface area contributed by atoms with Gasteiger partial charge in [0.15, 0.2) is 0 Å². The third-order valence-corrected chi connectivity index (χ3v) is 3.75. The second kappa shape index (κ2) is 5.94. The van der Waals surface area contributed by atoms with Gasteiger partial charge < -0.3 is 14.7 Å². The van der Waals surface area contributed by atoms with Crippen LogP contribution in [0.25, 0.3) is 0 Å². The SMILES string of the molecule is COc1ccc(C(=O)N(CC(=O)O)C2CCC2)c(C)c1. The van der Waals surface area contributed by atoms with Crippen LogP contribution in [-0.4, -0.2) is 41.6 Å². The van der Waals surface area contributed by atoms with E-state index < -0.39 is 5.97 Å². The van der Waals surface area contributed by atoms with Crippen LogP contribution in [0.3, 0.4) is 0 Å². The predicted octanol–water partition coefficient (Wildman–Crippen LogP) is 2.08. The van der Waals surface area contributed by atoms with Crippen molar-refractivity contribution in [1.29, 1.82) is 0 Å². The second-order valence-electron chi connectivity index (χ2n) is 5.09. The topological polar surface area (TPSA) is 66.8 Å². The molecule has 1 saturated carbocycles. The van der Waals surface area contributed by atoms with E-state index >= 15 is 0 Å². The van der Waals surface area contributed by atoms with Crippen LogP contribution in [0.5, 0.6) is 5.75 Å². The lowest BCUT2D eigenvalue weighted by molar-refractivity contribution is -0.138. The van der Waals surface area contributed by atoms with Crippen molar-refractivity contribution in [2.24, 2.45) is 0 Å². The van der Waals surface area contributed by atoms with E-state index in [1.54, 1.807) is 25.3 Å². The molecule has 108 valence electrons. The minimum absolute atomic E-state index is 0.0556. The number of methoxy groups -OCH3 is 1. The van der Waals surface area contributed by atoms with Crippen molar-refractivity contribution in [3.63, 3.8) is 0 Å². The van der Waals surface area contributed by atoms with E-state index in [2.05, 4.69) is 0 Å². The lowest BCUT2D eigenvalue weighted by Crippen LogP contribution is -2.47. The fourth-order valence-electron chi connectivity index (χ4n) is 2.37. The summed E-state index contributed by atoms with van der Waals surface area (Å²) in [4.78, 5) is 25.0. The van der Waals surface area contributed by atoms with Gasteiger partial charge in [-0.05, 0) is 49.9 Å². The van der Waals surface area contributed by atoms with Gasteiger partial charge in [-0.1, -0.05) is 0 Å². The summed E-state index contributed by atoms with van der Waals surface area (Å²) < 4.78 is 5.12. The van der Waals surface area contributed by atoms with E-state index in [1.807, 2.05) is 6.92 Å². The average Bonchev–Trinajstić information content (AvgIpc) is 2.34. The van der Waals surface area contributed by atoms with Crippen LogP contribution in [0.1, 0.15) is 35.2 Å². The normalized spacial score (nSPS) is 14.5.